The van der Waals surface area contributed by atoms with E-state index >= 15 is 0 Å². The minimum Gasteiger partial charge on any atom is -0.385 e. The lowest BCUT2D eigenvalue weighted by Gasteiger charge is -2.21. The molecule has 0 N–H and O–H groups in total. The van der Waals surface area contributed by atoms with E-state index in [1.807, 2.05) is 0 Å². The van der Waals surface area contributed by atoms with E-state index in [9.17, 15) is 0 Å². The second kappa shape index (κ2) is 7.80. The lowest BCUT2D eigenvalue weighted by atomic mass is 9.97. The van der Waals surface area contributed by atoms with Gasteiger partial charge in [-0.1, -0.05) is 12.2 Å². The zero-order valence-electron chi connectivity index (χ0n) is 12.1. The van der Waals surface area contributed by atoms with Gasteiger partial charge in [-0.2, -0.15) is 0 Å². The summed E-state index contributed by atoms with van der Waals surface area (Å²) in [4.78, 5) is 2.33. The van der Waals surface area contributed by atoms with Crippen LogP contribution in [0.15, 0.2) is 23.3 Å². The van der Waals surface area contributed by atoms with Crippen LogP contribution in [0.2, 0.25) is 0 Å². The molecule has 1 aliphatic carbocycles. The molecule has 0 saturated heterocycles. The number of nitrogens with zero attached hydrogens (tertiary/aromatic N) is 1. The molecule has 0 amide bonds. The maximum absolute atomic E-state index is 5.96. The van der Waals surface area contributed by atoms with Crippen LogP contribution in [0, 0.1) is 0 Å². The third kappa shape index (κ3) is 4.42. The van der Waals surface area contributed by atoms with E-state index in [2.05, 4.69) is 24.1 Å². The Labute approximate surface area is 116 Å². The van der Waals surface area contributed by atoms with Gasteiger partial charge in [0.05, 0.1) is 19.3 Å². The molecule has 1 heterocycles. The summed E-state index contributed by atoms with van der Waals surface area (Å²) in [6.45, 7) is 4.95. The molecule has 19 heavy (non-hydrogen) atoms. The van der Waals surface area contributed by atoms with Crippen LogP contribution < -0.4 is 0 Å². The van der Waals surface area contributed by atoms with Crippen molar-refractivity contribution in [2.24, 2.45) is 0 Å². The Morgan fingerprint density at radius 3 is 2.95 bits per heavy atom. The highest BCUT2D eigenvalue weighted by molar-refractivity contribution is 5.38. The van der Waals surface area contributed by atoms with Crippen molar-refractivity contribution in [3.63, 3.8) is 0 Å². The van der Waals surface area contributed by atoms with Crippen LogP contribution in [0.1, 0.15) is 12.8 Å². The van der Waals surface area contributed by atoms with Gasteiger partial charge in [0.1, 0.15) is 0 Å². The van der Waals surface area contributed by atoms with E-state index < -0.39 is 0 Å². The van der Waals surface area contributed by atoms with Crippen molar-refractivity contribution in [2.45, 2.75) is 18.9 Å². The summed E-state index contributed by atoms with van der Waals surface area (Å²) in [5, 5.41) is 0. The fraction of sp³-hybridized carbons (Fsp3) is 0.733. The third-order valence-corrected chi connectivity index (χ3v) is 3.53. The molecule has 108 valence electrons. The van der Waals surface area contributed by atoms with Crippen LogP contribution in [0.4, 0.5) is 0 Å². The highest BCUT2D eigenvalue weighted by Gasteiger charge is 2.26. The lowest BCUT2D eigenvalue weighted by Crippen LogP contribution is -2.23. The predicted octanol–water partition coefficient (Wildman–Crippen LogP) is 1.63. The van der Waals surface area contributed by atoms with Crippen LogP contribution in [-0.2, 0) is 14.2 Å². The van der Waals surface area contributed by atoms with Crippen molar-refractivity contribution < 1.29 is 14.2 Å². The quantitative estimate of drug-likeness (QED) is 0.625. The van der Waals surface area contributed by atoms with Gasteiger partial charge in [-0.15, -0.1) is 0 Å². The van der Waals surface area contributed by atoms with Gasteiger partial charge in [0.2, 0.25) is 0 Å². The van der Waals surface area contributed by atoms with Gasteiger partial charge in [-0.25, -0.2) is 0 Å². The van der Waals surface area contributed by atoms with Crippen LogP contribution >= 0.6 is 0 Å². The van der Waals surface area contributed by atoms with E-state index in [-0.39, 0.29) is 6.10 Å². The third-order valence-electron chi connectivity index (χ3n) is 3.53. The molecule has 2 rings (SSSR count). The molecule has 4 nitrogen and oxygen atoms in total. The molecule has 0 bridgehead atoms. The standard InChI is InChI=1S/C15H25NO3/c1-16-11-13-5-3-6-15(14(13)12-16)19-10-9-18-8-4-7-17-2/h3,5,15H,4,6-12H2,1-2H3. The number of ether oxygens (including phenoxy) is 3. The van der Waals surface area contributed by atoms with Crippen molar-refractivity contribution >= 4 is 0 Å². The Hall–Kier alpha value is -0.680. The van der Waals surface area contributed by atoms with Crippen LogP contribution in [-0.4, -0.2) is 64.7 Å². The maximum atomic E-state index is 5.96. The minimum atomic E-state index is 0.257. The Bertz CT molecular complexity index is 338. The summed E-state index contributed by atoms with van der Waals surface area (Å²) < 4.78 is 16.4. The molecular formula is C15H25NO3. The molecule has 0 aromatic heterocycles. The molecule has 1 unspecified atom stereocenters. The first-order chi connectivity index (χ1) is 9.31. The Balaban J connectivity index is 1.62. The van der Waals surface area contributed by atoms with E-state index in [0.717, 1.165) is 39.1 Å². The Morgan fingerprint density at radius 2 is 2.11 bits per heavy atom. The van der Waals surface area contributed by atoms with Gasteiger partial charge in [0, 0.05) is 33.4 Å². The smallest absolute Gasteiger partial charge is 0.0839 e. The average molecular weight is 267 g/mol. The van der Waals surface area contributed by atoms with E-state index in [0.29, 0.717) is 13.2 Å². The summed E-state index contributed by atoms with van der Waals surface area (Å²) >= 11 is 0. The molecule has 1 atom stereocenters. The second-order valence-electron chi connectivity index (χ2n) is 5.18. The van der Waals surface area contributed by atoms with Gasteiger partial charge in [-0.05, 0) is 31.0 Å². The molecular weight excluding hydrogens is 242 g/mol. The lowest BCUT2D eigenvalue weighted by molar-refractivity contribution is 0.0142. The van der Waals surface area contributed by atoms with E-state index in [4.69, 9.17) is 14.2 Å². The van der Waals surface area contributed by atoms with E-state index in [1.165, 1.54) is 11.1 Å². The van der Waals surface area contributed by atoms with Gasteiger partial charge in [0.15, 0.2) is 0 Å². The summed E-state index contributed by atoms with van der Waals surface area (Å²) in [5.74, 6) is 0. The van der Waals surface area contributed by atoms with Crippen LogP contribution in [0.5, 0.6) is 0 Å². The second-order valence-corrected chi connectivity index (χ2v) is 5.18. The van der Waals surface area contributed by atoms with Crippen LogP contribution in [0.3, 0.4) is 0 Å². The highest BCUT2D eigenvalue weighted by atomic mass is 16.5. The first-order valence-corrected chi connectivity index (χ1v) is 7.06. The van der Waals surface area contributed by atoms with Crippen molar-refractivity contribution in [3.8, 4) is 0 Å². The predicted molar refractivity (Wildman–Crippen MR) is 75.3 cm³/mol. The SMILES string of the molecule is COCCCOCCOC1CC=CC2=C1CN(C)C2. The number of hydrogen-bond donors (Lipinski definition) is 0. The molecule has 1 aliphatic heterocycles. The van der Waals surface area contributed by atoms with Gasteiger partial charge in [0.25, 0.3) is 0 Å². The van der Waals surface area contributed by atoms with Gasteiger partial charge < -0.3 is 14.2 Å². The van der Waals surface area contributed by atoms with Crippen molar-refractivity contribution in [1.29, 1.82) is 0 Å². The normalized spacial score (nSPS) is 23.2. The number of hydrogen-bond acceptors (Lipinski definition) is 4. The summed E-state index contributed by atoms with van der Waals surface area (Å²) in [5.41, 5.74) is 2.91. The highest BCUT2D eigenvalue weighted by Crippen LogP contribution is 2.27. The molecule has 0 aromatic rings. The van der Waals surface area contributed by atoms with Gasteiger partial charge in [-0.3, -0.25) is 4.90 Å². The minimum absolute atomic E-state index is 0.257. The monoisotopic (exact) mass is 267 g/mol. The summed E-state index contributed by atoms with van der Waals surface area (Å²) in [6, 6.07) is 0. The van der Waals surface area contributed by atoms with Crippen molar-refractivity contribution in [3.05, 3.63) is 23.3 Å². The average Bonchev–Trinajstić information content (AvgIpc) is 2.78. The largest absolute Gasteiger partial charge is 0.385 e. The molecule has 0 saturated carbocycles. The number of methoxy groups -OCH3 is 1. The molecule has 0 radical (unpaired) electrons. The Morgan fingerprint density at radius 1 is 1.21 bits per heavy atom. The first kappa shape index (κ1) is 14.7. The van der Waals surface area contributed by atoms with Crippen molar-refractivity contribution in [2.75, 3.05) is 53.7 Å². The summed E-state index contributed by atoms with van der Waals surface area (Å²) in [6.07, 6.45) is 6.67. The van der Waals surface area contributed by atoms with Gasteiger partial charge >= 0.3 is 0 Å². The fourth-order valence-corrected chi connectivity index (χ4v) is 2.61. The molecule has 2 aliphatic rings. The Kier molecular flexibility index (Phi) is 6.04. The molecule has 0 fully saturated rings. The van der Waals surface area contributed by atoms with Crippen molar-refractivity contribution in [1.82, 2.24) is 4.90 Å². The zero-order chi connectivity index (χ0) is 13.5. The fourth-order valence-electron chi connectivity index (χ4n) is 2.61. The van der Waals surface area contributed by atoms with Crippen LogP contribution in [0.25, 0.3) is 0 Å². The molecule has 4 heteroatoms. The zero-order valence-corrected chi connectivity index (χ0v) is 12.1. The molecule has 0 aromatic carbocycles. The first-order valence-electron chi connectivity index (χ1n) is 7.06. The maximum Gasteiger partial charge on any atom is 0.0839 e. The number of likely N-dealkylation sites (N-methyl/N-ethyl adjacent to an activating group) is 1. The number of rotatable bonds is 8. The van der Waals surface area contributed by atoms with E-state index in [1.54, 1.807) is 7.11 Å². The summed E-state index contributed by atoms with van der Waals surface area (Å²) in [7, 11) is 3.87. The molecule has 0 spiro atoms. The topological polar surface area (TPSA) is 30.9 Å².